The van der Waals surface area contributed by atoms with Crippen LogP contribution >= 0.6 is 11.3 Å². The first-order chi connectivity index (χ1) is 6.30. The third-order valence-corrected chi connectivity index (χ3v) is 3.06. The monoisotopic (exact) mass is 199 g/mol. The van der Waals surface area contributed by atoms with Crippen LogP contribution in [0.15, 0.2) is 6.20 Å². The summed E-state index contributed by atoms with van der Waals surface area (Å²) in [5, 5.41) is 1.17. The molecule has 1 aromatic heterocycles. The molecule has 0 atom stereocenters. The Morgan fingerprint density at radius 3 is 2.62 bits per heavy atom. The van der Waals surface area contributed by atoms with Crippen molar-refractivity contribution < 1.29 is 0 Å². The van der Waals surface area contributed by atoms with Gasteiger partial charge in [0.25, 0.3) is 0 Å². The molecule has 4 heteroatoms. The van der Waals surface area contributed by atoms with Crippen molar-refractivity contribution in [2.45, 2.75) is 26.9 Å². The fraction of sp³-hybridized carbons (Fsp3) is 0.667. The normalized spacial score (nSPS) is 11.1. The maximum Gasteiger partial charge on any atom is 0.107 e. The van der Waals surface area contributed by atoms with Gasteiger partial charge < -0.3 is 5.73 Å². The minimum absolute atomic E-state index is 0.607. The van der Waals surface area contributed by atoms with E-state index in [1.54, 1.807) is 11.3 Å². The average molecular weight is 199 g/mol. The molecular weight excluding hydrogens is 182 g/mol. The molecule has 0 aliphatic carbocycles. The largest absolute Gasteiger partial charge is 0.326 e. The second-order valence-electron chi connectivity index (χ2n) is 2.89. The molecule has 13 heavy (non-hydrogen) atoms. The van der Waals surface area contributed by atoms with Gasteiger partial charge in [0.2, 0.25) is 0 Å². The topological polar surface area (TPSA) is 42.2 Å². The predicted molar refractivity (Wildman–Crippen MR) is 56.6 cm³/mol. The van der Waals surface area contributed by atoms with Gasteiger partial charge >= 0.3 is 0 Å². The Morgan fingerprint density at radius 2 is 2.15 bits per heavy atom. The van der Waals surface area contributed by atoms with Crippen LogP contribution in [0.25, 0.3) is 0 Å². The molecule has 3 nitrogen and oxygen atoms in total. The number of aromatic nitrogens is 1. The summed E-state index contributed by atoms with van der Waals surface area (Å²) in [5.41, 5.74) is 5.52. The molecule has 1 rings (SSSR count). The van der Waals surface area contributed by atoms with Crippen molar-refractivity contribution in [2.75, 3.05) is 13.1 Å². The van der Waals surface area contributed by atoms with E-state index in [9.17, 15) is 0 Å². The summed E-state index contributed by atoms with van der Waals surface area (Å²) >= 11 is 1.71. The molecule has 0 aliphatic rings. The second kappa shape index (κ2) is 5.32. The van der Waals surface area contributed by atoms with Crippen LogP contribution in [0.1, 0.15) is 23.7 Å². The number of nitrogens with zero attached hydrogens (tertiary/aromatic N) is 2. The molecule has 74 valence electrons. The molecule has 0 saturated carbocycles. The minimum atomic E-state index is 0.607. The summed E-state index contributed by atoms with van der Waals surface area (Å²) in [5.74, 6) is 0. The van der Waals surface area contributed by atoms with E-state index >= 15 is 0 Å². The van der Waals surface area contributed by atoms with Crippen LogP contribution in [0.2, 0.25) is 0 Å². The van der Waals surface area contributed by atoms with Gasteiger partial charge in [0.1, 0.15) is 5.01 Å². The zero-order chi connectivity index (χ0) is 9.68. The van der Waals surface area contributed by atoms with Gasteiger partial charge in [-0.05, 0) is 13.1 Å². The van der Waals surface area contributed by atoms with Crippen LogP contribution < -0.4 is 5.73 Å². The average Bonchev–Trinajstić information content (AvgIpc) is 2.61. The maximum atomic E-state index is 5.52. The van der Waals surface area contributed by atoms with Crippen LogP contribution in [0.5, 0.6) is 0 Å². The lowest BCUT2D eigenvalue weighted by Gasteiger charge is -2.15. The van der Waals surface area contributed by atoms with Crippen molar-refractivity contribution in [3.63, 3.8) is 0 Å². The summed E-state index contributed by atoms with van der Waals surface area (Å²) in [6.07, 6.45) is 1.88. The lowest BCUT2D eigenvalue weighted by Crippen LogP contribution is -2.21. The van der Waals surface area contributed by atoms with E-state index in [2.05, 4.69) is 23.7 Å². The summed E-state index contributed by atoms with van der Waals surface area (Å²) in [6.45, 7) is 8.05. The summed E-state index contributed by atoms with van der Waals surface area (Å²) in [6, 6.07) is 0. The van der Waals surface area contributed by atoms with E-state index in [1.807, 2.05) is 6.20 Å². The molecule has 0 spiro atoms. The highest BCUT2D eigenvalue weighted by Crippen LogP contribution is 2.13. The fourth-order valence-electron chi connectivity index (χ4n) is 1.15. The molecule has 0 aliphatic heterocycles. The molecule has 0 saturated heterocycles. The van der Waals surface area contributed by atoms with Gasteiger partial charge in [-0.25, -0.2) is 4.98 Å². The van der Waals surface area contributed by atoms with Gasteiger partial charge in [0, 0.05) is 17.6 Å². The quantitative estimate of drug-likeness (QED) is 0.780. The summed E-state index contributed by atoms with van der Waals surface area (Å²) < 4.78 is 0. The van der Waals surface area contributed by atoms with Crippen molar-refractivity contribution >= 4 is 11.3 Å². The lowest BCUT2D eigenvalue weighted by atomic mass is 10.5. The molecule has 0 radical (unpaired) electrons. The molecular formula is C9H17N3S. The summed E-state index contributed by atoms with van der Waals surface area (Å²) in [4.78, 5) is 7.83. The smallest absolute Gasteiger partial charge is 0.107 e. The number of rotatable bonds is 5. The predicted octanol–water partition coefficient (Wildman–Crippen LogP) is 1.44. The van der Waals surface area contributed by atoms with Crippen LogP contribution in [-0.4, -0.2) is 23.0 Å². The van der Waals surface area contributed by atoms with Crippen molar-refractivity contribution in [2.24, 2.45) is 5.73 Å². The van der Waals surface area contributed by atoms with E-state index < -0.39 is 0 Å². The molecule has 1 heterocycles. The zero-order valence-electron chi connectivity index (χ0n) is 8.29. The van der Waals surface area contributed by atoms with E-state index in [0.717, 1.165) is 19.6 Å². The number of thiazole rings is 1. The highest BCUT2D eigenvalue weighted by atomic mass is 32.1. The Kier molecular flexibility index (Phi) is 4.35. The number of nitrogens with two attached hydrogens (primary N) is 1. The number of hydrogen-bond acceptors (Lipinski definition) is 4. The first-order valence-corrected chi connectivity index (χ1v) is 5.47. The number of hydrogen-bond donors (Lipinski definition) is 1. The van der Waals surface area contributed by atoms with E-state index in [-0.39, 0.29) is 0 Å². The van der Waals surface area contributed by atoms with Crippen molar-refractivity contribution in [3.8, 4) is 0 Å². The molecule has 1 aromatic rings. The fourth-order valence-corrected chi connectivity index (χ4v) is 2.00. The van der Waals surface area contributed by atoms with Crippen LogP contribution in [0.4, 0.5) is 0 Å². The van der Waals surface area contributed by atoms with Crippen molar-refractivity contribution in [3.05, 3.63) is 16.1 Å². The Labute approximate surface area is 83.6 Å². The molecule has 0 fully saturated rings. The highest BCUT2D eigenvalue weighted by Gasteiger charge is 2.04. The first kappa shape index (κ1) is 10.6. The maximum absolute atomic E-state index is 5.52. The Bertz CT molecular complexity index is 243. The van der Waals surface area contributed by atoms with Gasteiger partial charge in [-0.2, -0.15) is 0 Å². The van der Waals surface area contributed by atoms with E-state index in [1.165, 1.54) is 9.88 Å². The molecule has 0 unspecified atom stereocenters. The lowest BCUT2D eigenvalue weighted by molar-refractivity contribution is 0.295. The Morgan fingerprint density at radius 1 is 1.46 bits per heavy atom. The van der Waals surface area contributed by atoms with Crippen LogP contribution in [0.3, 0.4) is 0 Å². The second-order valence-corrected chi connectivity index (χ2v) is 4.09. The molecule has 2 N–H and O–H groups in total. The first-order valence-electron chi connectivity index (χ1n) is 4.66. The van der Waals surface area contributed by atoms with E-state index in [0.29, 0.717) is 6.54 Å². The summed E-state index contributed by atoms with van der Waals surface area (Å²) in [7, 11) is 0. The highest BCUT2D eigenvalue weighted by molar-refractivity contribution is 7.11. The third kappa shape index (κ3) is 3.06. The Balaban J connectivity index is 2.52. The van der Waals surface area contributed by atoms with Gasteiger partial charge in [-0.3, -0.25) is 4.90 Å². The SMILES string of the molecule is CCN(CC)Cc1ncc(CN)s1. The Hall–Kier alpha value is -0.450. The van der Waals surface area contributed by atoms with E-state index in [4.69, 9.17) is 5.73 Å². The van der Waals surface area contributed by atoms with Crippen molar-refractivity contribution in [1.29, 1.82) is 0 Å². The standard InChI is InChI=1S/C9H17N3S/c1-3-12(4-2)7-9-11-6-8(5-10)13-9/h6H,3-5,7,10H2,1-2H3. The molecule has 0 aromatic carbocycles. The van der Waals surface area contributed by atoms with Gasteiger partial charge in [-0.15, -0.1) is 11.3 Å². The zero-order valence-corrected chi connectivity index (χ0v) is 9.10. The van der Waals surface area contributed by atoms with Crippen LogP contribution in [-0.2, 0) is 13.1 Å². The van der Waals surface area contributed by atoms with Gasteiger partial charge in [0.05, 0.1) is 6.54 Å². The molecule has 0 bridgehead atoms. The van der Waals surface area contributed by atoms with Crippen molar-refractivity contribution in [1.82, 2.24) is 9.88 Å². The molecule has 0 amide bonds. The van der Waals surface area contributed by atoms with Crippen LogP contribution in [0, 0.1) is 0 Å². The minimum Gasteiger partial charge on any atom is -0.326 e. The third-order valence-electron chi connectivity index (χ3n) is 2.06. The van der Waals surface area contributed by atoms with Gasteiger partial charge in [-0.1, -0.05) is 13.8 Å². The van der Waals surface area contributed by atoms with Gasteiger partial charge in [0.15, 0.2) is 0 Å².